The van der Waals surface area contributed by atoms with E-state index < -0.39 is 5.60 Å². The van der Waals surface area contributed by atoms with Crippen molar-refractivity contribution in [3.8, 4) is 0 Å². The van der Waals surface area contributed by atoms with Crippen LogP contribution in [0.15, 0.2) is 11.4 Å². The molecular formula is C18H27NO3S. The van der Waals surface area contributed by atoms with Gasteiger partial charge in [0.15, 0.2) is 0 Å². The highest BCUT2D eigenvalue weighted by atomic mass is 32.1. The van der Waals surface area contributed by atoms with E-state index in [0.29, 0.717) is 13.1 Å². The fourth-order valence-corrected chi connectivity index (χ4v) is 4.54. The van der Waals surface area contributed by atoms with Crippen LogP contribution in [0.1, 0.15) is 57.9 Å². The fourth-order valence-electron chi connectivity index (χ4n) is 3.44. The number of hydrogen-bond acceptors (Lipinski definition) is 4. The molecule has 1 aromatic rings. The molecule has 0 aliphatic carbocycles. The second kappa shape index (κ2) is 5.49. The number of nitrogens with zero attached hydrogens (tertiary/aromatic N) is 1. The summed E-state index contributed by atoms with van der Waals surface area (Å²) in [7, 11) is 0. The van der Waals surface area contributed by atoms with Gasteiger partial charge in [-0.25, -0.2) is 4.79 Å². The molecule has 2 aliphatic heterocycles. The van der Waals surface area contributed by atoms with E-state index in [9.17, 15) is 4.79 Å². The third-order valence-corrected chi connectivity index (χ3v) is 5.98. The molecule has 0 bridgehead atoms. The number of carbonyl (C=O) groups excluding carboxylic acids is 1. The molecule has 128 valence electrons. The first kappa shape index (κ1) is 16.8. The van der Waals surface area contributed by atoms with Crippen LogP contribution < -0.4 is 0 Å². The minimum atomic E-state index is -0.446. The van der Waals surface area contributed by atoms with Crippen molar-refractivity contribution in [1.82, 2.24) is 4.90 Å². The molecule has 1 aromatic heterocycles. The zero-order valence-corrected chi connectivity index (χ0v) is 15.6. The molecule has 5 heteroatoms. The van der Waals surface area contributed by atoms with Gasteiger partial charge in [0, 0.05) is 23.4 Å². The van der Waals surface area contributed by atoms with Crippen LogP contribution in [0.5, 0.6) is 0 Å². The van der Waals surface area contributed by atoms with E-state index in [4.69, 9.17) is 9.47 Å². The number of likely N-dealkylation sites (tertiary alicyclic amines) is 1. The molecule has 2 aliphatic rings. The van der Waals surface area contributed by atoms with Gasteiger partial charge >= 0.3 is 6.09 Å². The number of piperidine rings is 1. The average molecular weight is 337 g/mol. The number of fused-ring (bicyclic) bond motifs is 2. The van der Waals surface area contributed by atoms with Gasteiger partial charge in [-0.3, -0.25) is 0 Å². The summed E-state index contributed by atoms with van der Waals surface area (Å²) in [4.78, 5) is 15.5. The molecule has 0 radical (unpaired) electrons. The fraction of sp³-hybridized carbons (Fsp3) is 0.722. The largest absolute Gasteiger partial charge is 0.444 e. The van der Waals surface area contributed by atoms with Crippen LogP contribution in [0.25, 0.3) is 0 Å². The van der Waals surface area contributed by atoms with E-state index in [2.05, 4.69) is 25.3 Å². The topological polar surface area (TPSA) is 38.8 Å². The molecule has 1 saturated heterocycles. The van der Waals surface area contributed by atoms with E-state index in [1.807, 2.05) is 37.0 Å². The van der Waals surface area contributed by atoms with Gasteiger partial charge in [-0.15, -0.1) is 11.3 Å². The summed E-state index contributed by atoms with van der Waals surface area (Å²) >= 11 is 1.83. The molecule has 1 amide bonds. The molecule has 0 saturated carbocycles. The quantitative estimate of drug-likeness (QED) is 0.709. The van der Waals surface area contributed by atoms with E-state index in [-0.39, 0.29) is 17.1 Å². The first-order valence-electron chi connectivity index (χ1n) is 8.33. The van der Waals surface area contributed by atoms with Crippen molar-refractivity contribution in [2.75, 3.05) is 19.7 Å². The summed E-state index contributed by atoms with van der Waals surface area (Å²) in [6.07, 6.45) is 1.46. The van der Waals surface area contributed by atoms with Crippen molar-refractivity contribution in [2.45, 2.75) is 64.1 Å². The van der Waals surface area contributed by atoms with Gasteiger partial charge < -0.3 is 14.4 Å². The Labute approximate surface area is 142 Å². The molecule has 0 unspecified atom stereocenters. The summed E-state index contributed by atoms with van der Waals surface area (Å²) in [5, 5.41) is 2.17. The Morgan fingerprint density at radius 2 is 1.96 bits per heavy atom. The van der Waals surface area contributed by atoms with Crippen molar-refractivity contribution >= 4 is 17.4 Å². The van der Waals surface area contributed by atoms with Crippen LogP contribution in [0, 0.1) is 0 Å². The van der Waals surface area contributed by atoms with Gasteiger partial charge in [0.05, 0.1) is 12.2 Å². The summed E-state index contributed by atoms with van der Waals surface area (Å²) in [5.74, 6) is 0. The highest BCUT2D eigenvalue weighted by Crippen LogP contribution is 2.48. The average Bonchev–Trinajstić information content (AvgIpc) is 2.94. The lowest BCUT2D eigenvalue weighted by Gasteiger charge is -2.47. The van der Waals surface area contributed by atoms with Gasteiger partial charge in [0.25, 0.3) is 0 Å². The van der Waals surface area contributed by atoms with Crippen molar-refractivity contribution in [3.05, 3.63) is 21.9 Å². The van der Waals surface area contributed by atoms with E-state index >= 15 is 0 Å². The highest BCUT2D eigenvalue weighted by Gasteiger charge is 2.47. The molecule has 23 heavy (non-hydrogen) atoms. The second-order valence-corrected chi connectivity index (χ2v) is 9.21. The third-order valence-electron chi connectivity index (χ3n) is 4.70. The predicted octanol–water partition coefficient (Wildman–Crippen LogP) is 4.28. The summed E-state index contributed by atoms with van der Waals surface area (Å²) in [5.41, 5.74) is 0.751. The first-order chi connectivity index (χ1) is 10.6. The Bertz CT molecular complexity index is 592. The van der Waals surface area contributed by atoms with Crippen LogP contribution in [-0.4, -0.2) is 36.3 Å². The summed E-state index contributed by atoms with van der Waals surface area (Å²) in [6, 6.07) is 2.21. The number of amides is 1. The standard InChI is InChI=1S/C18H27NO3S/c1-16(2,3)22-15(20)19-9-7-18(8-10-19)13-6-11-23-14(13)17(4,5)12-21-18/h6,11H,7-10,12H2,1-5H3. The van der Waals surface area contributed by atoms with Crippen molar-refractivity contribution in [2.24, 2.45) is 0 Å². The summed E-state index contributed by atoms with van der Waals surface area (Å²) < 4.78 is 11.9. The minimum absolute atomic E-state index is 0.0804. The van der Waals surface area contributed by atoms with Crippen LogP contribution in [0.4, 0.5) is 4.79 Å². The van der Waals surface area contributed by atoms with Gasteiger partial charge in [-0.05, 0) is 50.6 Å². The molecule has 3 heterocycles. The maximum atomic E-state index is 12.2. The smallest absolute Gasteiger partial charge is 0.410 e. The maximum Gasteiger partial charge on any atom is 0.410 e. The molecule has 1 spiro atoms. The molecular weight excluding hydrogens is 310 g/mol. The van der Waals surface area contributed by atoms with E-state index in [1.165, 1.54) is 10.4 Å². The molecule has 3 rings (SSSR count). The zero-order valence-electron chi connectivity index (χ0n) is 14.8. The highest BCUT2D eigenvalue weighted by molar-refractivity contribution is 7.10. The molecule has 0 atom stereocenters. The van der Waals surface area contributed by atoms with Gasteiger partial charge in [-0.2, -0.15) is 0 Å². The molecule has 1 fully saturated rings. The Kier molecular flexibility index (Phi) is 4.00. The first-order valence-corrected chi connectivity index (χ1v) is 9.21. The Morgan fingerprint density at radius 3 is 2.57 bits per heavy atom. The van der Waals surface area contributed by atoms with Gasteiger partial charge in [0.1, 0.15) is 5.60 Å². The van der Waals surface area contributed by atoms with E-state index in [1.54, 1.807) is 0 Å². The maximum absolute atomic E-state index is 12.2. The van der Waals surface area contributed by atoms with Crippen molar-refractivity contribution in [1.29, 1.82) is 0 Å². The zero-order chi connectivity index (χ0) is 16.9. The number of carbonyl (C=O) groups is 1. The van der Waals surface area contributed by atoms with Crippen LogP contribution in [0.2, 0.25) is 0 Å². The monoisotopic (exact) mass is 337 g/mol. The normalized spacial score (nSPS) is 22.7. The lowest BCUT2D eigenvalue weighted by atomic mass is 9.76. The Morgan fingerprint density at radius 1 is 1.30 bits per heavy atom. The molecule has 4 nitrogen and oxygen atoms in total. The predicted molar refractivity (Wildman–Crippen MR) is 92.0 cm³/mol. The van der Waals surface area contributed by atoms with Crippen LogP contribution >= 0.6 is 11.3 Å². The van der Waals surface area contributed by atoms with Crippen LogP contribution in [0.3, 0.4) is 0 Å². The van der Waals surface area contributed by atoms with Gasteiger partial charge in [-0.1, -0.05) is 13.8 Å². The number of hydrogen-bond donors (Lipinski definition) is 0. The second-order valence-electron chi connectivity index (χ2n) is 8.30. The van der Waals surface area contributed by atoms with E-state index in [0.717, 1.165) is 19.4 Å². The lowest BCUT2D eigenvalue weighted by Crippen LogP contribution is -2.51. The van der Waals surface area contributed by atoms with Crippen molar-refractivity contribution < 1.29 is 14.3 Å². The SMILES string of the molecule is CC(C)(C)OC(=O)N1CCC2(CC1)OCC(C)(C)c1sccc12. The Hall–Kier alpha value is -1.07. The molecule has 0 aromatic carbocycles. The number of ether oxygens (including phenoxy) is 2. The Balaban J connectivity index is 1.73. The number of thiophene rings is 1. The van der Waals surface area contributed by atoms with Crippen molar-refractivity contribution in [3.63, 3.8) is 0 Å². The third kappa shape index (κ3) is 3.13. The lowest BCUT2D eigenvalue weighted by molar-refractivity contribution is -0.114. The molecule has 0 N–H and O–H groups in total. The van der Waals surface area contributed by atoms with Crippen LogP contribution in [-0.2, 0) is 20.5 Å². The summed E-state index contributed by atoms with van der Waals surface area (Å²) in [6.45, 7) is 12.3. The van der Waals surface area contributed by atoms with Gasteiger partial charge in [0.2, 0.25) is 0 Å². The minimum Gasteiger partial charge on any atom is -0.444 e. The number of rotatable bonds is 0.